The van der Waals surface area contributed by atoms with Crippen molar-refractivity contribution in [3.05, 3.63) is 29.6 Å². The molecule has 1 aliphatic rings. The van der Waals surface area contributed by atoms with Crippen molar-refractivity contribution in [1.29, 1.82) is 0 Å². The van der Waals surface area contributed by atoms with Crippen LogP contribution >= 0.6 is 0 Å². The van der Waals surface area contributed by atoms with Gasteiger partial charge in [0.25, 0.3) is 0 Å². The Bertz CT molecular complexity index is 428. The van der Waals surface area contributed by atoms with E-state index in [4.69, 9.17) is 5.11 Å². The van der Waals surface area contributed by atoms with Crippen LogP contribution in [0.3, 0.4) is 0 Å². The molecule has 0 heterocycles. The molecule has 0 saturated heterocycles. The number of carboxylic acids is 1. The molecule has 0 aromatic heterocycles. The van der Waals surface area contributed by atoms with E-state index >= 15 is 0 Å². The van der Waals surface area contributed by atoms with Crippen molar-refractivity contribution in [2.24, 2.45) is 5.92 Å². The molecule has 2 rings (SSSR count). The average Bonchev–Trinajstić information content (AvgIpc) is 2.84. The molecule has 0 unspecified atom stereocenters. The van der Waals surface area contributed by atoms with Gasteiger partial charge in [-0.15, -0.1) is 0 Å². The van der Waals surface area contributed by atoms with Crippen LogP contribution in [0.2, 0.25) is 0 Å². The molecule has 98 valence electrons. The van der Waals surface area contributed by atoms with E-state index in [9.17, 15) is 9.18 Å². The number of nitrogens with one attached hydrogen (secondary N) is 1. The first-order valence-corrected chi connectivity index (χ1v) is 6.43. The maximum atomic E-state index is 13.0. The quantitative estimate of drug-likeness (QED) is 0.841. The number of halogens is 1. The van der Waals surface area contributed by atoms with Crippen LogP contribution in [-0.2, 0) is 0 Å². The van der Waals surface area contributed by atoms with E-state index in [-0.39, 0.29) is 5.56 Å². The monoisotopic (exact) mass is 251 g/mol. The van der Waals surface area contributed by atoms with Gasteiger partial charge in [0.05, 0.1) is 5.56 Å². The van der Waals surface area contributed by atoms with Gasteiger partial charge in [-0.2, -0.15) is 0 Å². The predicted molar refractivity (Wildman–Crippen MR) is 68.4 cm³/mol. The van der Waals surface area contributed by atoms with Gasteiger partial charge in [-0.3, -0.25) is 0 Å². The summed E-state index contributed by atoms with van der Waals surface area (Å²) in [5.74, 6) is -0.863. The molecule has 0 amide bonds. The lowest BCUT2D eigenvalue weighted by atomic mass is 10.0. The number of benzene rings is 1. The Kier molecular flexibility index (Phi) is 4.18. The molecule has 1 aromatic rings. The summed E-state index contributed by atoms with van der Waals surface area (Å²) in [7, 11) is 0. The Hall–Kier alpha value is -1.58. The van der Waals surface area contributed by atoms with E-state index in [1.807, 2.05) is 0 Å². The lowest BCUT2D eigenvalue weighted by Gasteiger charge is -2.12. The Morgan fingerprint density at radius 2 is 2.11 bits per heavy atom. The summed E-state index contributed by atoms with van der Waals surface area (Å²) in [6.45, 7) is 0.747. The highest BCUT2D eigenvalue weighted by molar-refractivity contribution is 5.94. The fraction of sp³-hybridized carbons (Fsp3) is 0.500. The maximum absolute atomic E-state index is 13.0. The minimum atomic E-state index is -1.10. The van der Waals surface area contributed by atoms with Crippen molar-refractivity contribution < 1.29 is 14.3 Å². The molecule has 1 saturated carbocycles. The molecule has 3 nitrogen and oxygen atoms in total. The van der Waals surface area contributed by atoms with Crippen molar-refractivity contribution >= 4 is 11.7 Å². The molecule has 2 N–H and O–H groups in total. The van der Waals surface area contributed by atoms with Gasteiger partial charge in [-0.25, -0.2) is 9.18 Å². The Morgan fingerprint density at radius 1 is 1.39 bits per heavy atom. The zero-order chi connectivity index (χ0) is 13.0. The smallest absolute Gasteiger partial charge is 0.337 e. The fourth-order valence-corrected chi connectivity index (χ4v) is 2.56. The van der Waals surface area contributed by atoms with Crippen molar-refractivity contribution in [3.63, 3.8) is 0 Å². The number of hydrogen-bond donors (Lipinski definition) is 2. The first-order chi connectivity index (χ1) is 8.66. The molecular formula is C14H18FNO2. The molecule has 0 aliphatic heterocycles. The second-order valence-electron chi connectivity index (χ2n) is 4.86. The summed E-state index contributed by atoms with van der Waals surface area (Å²) >= 11 is 0. The molecule has 1 aromatic carbocycles. The first-order valence-electron chi connectivity index (χ1n) is 6.43. The molecule has 1 aliphatic carbocycles. The predicted octanol–water partition coefficient (Wildman–Crippen LogP) is 3.52. The highest BCUT2D eigenvalue weighted by Gasteiger charge is 2.15. The van der Waals surface area contributed by atoms with Crippen molar-refractivity contribution in [3.8, 4) is 0 Å². The van der Waals surface area contributed by atoms with Crippen molar-refractivity contribution in [2.45, 2.75) is 32.1 Å². The van der Waals surface area contributed by atoms with Gasteiger partial charge >= 0.3 is 5.97 Å². The van der Waals surface area contributed by atoms with Crippen molar-refractivity contribution in [2.75, 3.05) is 11.9 Å². The summed E-state index contributed by atoms with van der Waals surface area (Å²) in [6, 6.07) is 3.83. The van der Waals surface area contributed by atoms with Gasteiger partial charge in [-0.1, -0.05) is 25.7 Å². The highest BCUT2D eigenvalue weighted by atomic mass is 19.1. The molecule has 0 atom stereocenters. The van der Waals surface area contributed by atoms with Crippen LogP contribution in [0.1, 0.15) is 42.5 Å². The van der Waals surface area contributed by atoms with Gasteiger partial charge in [0.1, 0.15) is 5.82 Å². The lowest BCUT2D eigenvalue weighted by Crippen LogP contribution is -2.10. The molecular weight excluding hydrogens is 233 g/mol. The van der Waals surface area contributed by atoms with E-state index in [2.05, 4.69) is 5.32 Å². The van der Waals surface area contributed by atoms with E-state index in [1.165, 1.54) is 37.8 Å². The summed E-state index contributed by atoms with van der Waals surface area (Å²) in [4.78, 5) is 11.0. The normalized spacial score (nSPS) is 15.8. The number of hydrogen-bond acceptors (Lipinski definition) is 2. The average molecular weight is 251 g/mol. The van der Waals surface area contributed by atoms with Gasteiger partial charge in [0.2, 0.25) is 0 Å². The van der Waals surface area contributed by atoms with E-state index < -0.39 is 11.8 Å². The third kappa shape index (κ3) is 3.22. The van der Waals surface area contributed by atoms with Crippen LogP contribution in [0.25, 0.3) is 0 Å². The molecule has 18 heavy (non-hydrogen) atoms. The van der Waals surface area contributed by atoms with E-state index in [0.29, 0.717) is 5.69 Å². The largest absolute Gasteiger partial charge is 0.478 e. The topological polar surface area (TPSA) is 49.3 Å². The number of carboxylic acid groups (broad SMARTS) is 1. The summed E-state index contributed by atoms with van der Waals surface area (Å²) in [5.41, 5.74) is 0.503. The second-order valence-corrected chi connectivity index (χ2v) is 4.86. The van der Waals surface area contributed by atoms with Crippen LogP contribution in [0, 0.1) is 11.7 Å². The van der Waals surface area contributed by atoms with Gasteiger partial charge in [-0.05, 0) is 30.5 Å². The number of carbonyl (C=O) groups is 1. The molecule has 1 fully saturated rings. The zero-order valence-corrected chi connectivity index (χ0v) is 10.3. The van der Waals surface area contributed by atoms with Gasteiger partial charge < -0.3 is 10.4 Å². The second kappa shape index (κ2) is 5.85. The Morgan fingerprint density at radius 3 is 2.78 bits per heavy atom. The summed E-state index contributed by atoms with van der Waals surface area (Å²) in [6.07, 6.45) is 6.22. The molecule has 0 spiro atoms. The maximum Gasteiger partial charge on any atom is 0.337 e. The third-order valence-corrected chi connectivity index (χ3v) is 3.55. The van der Waals surface area contributed by atoms with Gasteiger partial charge in [0.15, 0.2) is 0 Å². The standard InChI is InChI=1S/C14H18FNO2/c15-11-5-6-13(12(9-11)14(17)18)16-8-7-10-3-1-2-4-10/h5-6,9-10,16H,1-4,7-8H2,(H,17,18). The lowest BCUT2D eigenvalue weighted by molar-refractivity contribution is 0.0697. The van der Waals surface area contributed by atoms with Gasteiger partial charge in [0, 0.05) is 12.2 Å². The van der Waals surface area contributed by atoms with E-state index in [0.717, 1.165) is 24.9 Å². The number of anilines is 1. The number of rotatable bonds is 5. The zero-order valence-electron chi connectivity index (χ0n) is 10.3. The van der Waals surface area contributed by atoms with E-state index in [1.54, 1.807) is 0 Å². The minimum Gasteiger partial charge on any atom is -0.478 e. The summed E-state index contributed by atoms with van der Waals surface area (Å²) < 4.78 is 13.0. The third-order valence-electron chi connectivity index (χ3n) is 3.55. The number of aromatic carboxylic acids is 1. The molecule has 0 bridgehead atoms. The fourth-order valence-electron chi connectivity index (χ4n) is 2.56. The SMILES string of the molecule is O=C(O)c1cc(F)ccc1NCCC1CCCC1. The molecule has 4 heteroatoms. The van der Waals surface area contributed by atoms with Crippen LogP contribution in [0.5, 0.6) is 0 Å². The molecule has 0 radical (unpaired) electrons. The van der Waals surface area contributed by atoms with Crippen LogP contribution in [0.15, 0.2) is 18.2 Å². The minimum absolute atomic E-state index is 0.00132. The summed E-state index contributed by atoms with van der Waals surface area (Å²) in [5, 5.41) is 12.1. The highest BCUT2D eigenvalue weighted by Crippen LogP contribution is 2.27. The van der Waals surface area contributed by atoms with Crippen molar-refractivity contribution in [1.82, 2.24) is 0 Å². The first kappa shape index (κ1) is 12.9. The van der Waals surface area contributed by atoms with Crippen LogP contribution in [-0.4, -0.2) is 17.6 Å². The van der Waals surface area contributed by atoms with Crippen LogP contribution in [0.4, 0.5) is 10.1 Å². The van der Waals surface area contributed by atoms with Crippen LogP contribution < -0.4 is 5.32 Å². The Labute approximate surface area is 106 Å². The Balaban J connectivity index is 1.93.